The molecule has 9 heteroatoms. The van der Waals surface area contributed by atoms with E-state index in [4.69, 9.17) is 0 Å². The molecule has 0 bridgehead atoms. The summed E-state index contributed by atoms with van der Waals surface area (Å²) in [6.07, 6.45) is 0.269. The van der Waals surface area contributed by atoms with Crippen molar-refractivity contribution in [2.45, 2.75) is 52.2 Å². The highest BCUT2D eigenvalue weighted by Crippen LogP contribution is 2.63. The third-order valence-electron chi connectivity index (χ3n) is 8.39. The lowest BCUT2D eigenvalue weighted by molar-refractivity contribution is -0.175. The number of ketones is 3. The van der Waals surface area contributed by atoms with Gasteiger partial charge in [-0.3, -0.25) is 19.3 Å². The Kier molecular flexibility index (Phi) is 5.52. The third kappa shape index (κ3) is 2.93. The molecule has 1 aromatic rings. The fourth-order valence-electron chi connectivity index (χ4n) is 7.00. The first-order valence-electron chi connectivity index (χ1n) is 11.8. The van der Waals surface area contributed by atoms with Gasteiger partial charge in [0, 0.05) is 36.2 Å². The molecular weight excluding hydrogens is 464 g/mol. The molecule has 1 aromatic carbocycles. The molecule has 0 saturated heterocycles. The second-order valence-corrected chi connectivity index (χ2v) is 11.4. The number of aliphatic hydroxyl groups excluding tert-OH is 2. The number of hydrogen-bond acceptors (Lipinski definition) is 9. The number of carbonyl (C=O) groups is 3. The van der Waals surface area contributed by atoms with Crippen LogP contribution in [0.15, 0.2) is 23.0 Å². The molecule has 1 unspecified atom stereocenters. The largest absolute Gasteiger partial charge is 0.508 e. The summed E-state index contributed by atoms with van der Waals surface area (Å²) >= 11 is 0. The summed E-state index contributed by atoms with van der Waals surface area (Å²) in [5, 5.41) is 45.6. The minimum absolute atomic E-state index is 0.0341. The first kappa shape index (κ1) is 25.9. The molecular formula is C27H34N2O7. The number of phenolic OH excluding ortho intramolecular Hbond substituents is 1. The van der Waals surface area contributed by atoms with Gasteiger partial charge in [0.25, 0.3) is 0 Å². The Morgan fingerprint density at radius 3 is 2.17 bits per heavy atom. The number of carbonyl (C=O) groups excluding carboxylic acids is 3. The second-order valence-electron chi connectivity index (χ2n) is 11.4. The van der Waals surface area contributed by atoms with Crippen molar-refractivity contribution in [2.24, 2.45) is 10.8 Å². The van der Waals surface area contributed by atoms with Crippen LogP contribution in [0.25, 0.3) is 5.76 Å². The van der Waals surface area contributed by atoms with E-state index < -0.39 is 56.9 Å². The maximum atomic E-state index is 14.2. The molecule has 4 atom stereocenters. The van der Waals surface area contributed by atoms with Crippen molar-refractivity contribution < 1.29 is 34.8 Å². The van der Waals surface area contributed by atoms with Gasteiger partial charge >= 0.3 is 0 Å². The Hall–Kier alpha value is -3.17. The average Bonchev–Trinajstić information content (AvgIpc) is 2.72. The van der Waals surface area contributed by atoms with E-state index in [0.717, 1.165) is 12.6 Å². The molecule has 36 heavy (non-hydrogen) atoms. The molecule has 1 fully saturated rings. The van der Waals surface area contributed by atoms with Gasteiger partial charge < -0.3 is 25.3 Å². The number of phenols is 1. The summed E-state index contributed by atoms with van der Waals surface area (Å²) in [6, 6.07) is 0.710. The van der Waals surface area contributed by atoms with Gasteiger partial charge in [-0.25, -0.2) is 0 Å². The molecule has 0 aliphatic heterocycles. The average molecular weight is 499 g/mol. The predicted molar refractivity (Wildman–Crippen MR) is 134 cm³/mol. The highest BCUT2D eigenvalue weighted by Gasteiger charge is 2.72. The van der Waals surface area contributed by atoms with Gasteiger partial charge in [0.05, 0.1) is 11.6 Å². The predicted octanol–water partition coefficient (Wildman–Crippen LogP) is 2.22. The van der Waals surface area contributed by atoms with Crippen molar-refractivity contribution in [3.8, 4) is 5.75 Å². The number of aryl methyl sites for hydroxylation is 1. The van der Waals surface area contributed by atoms with Crippen LogP contribution in [0.5, 0.6) is 5.75 Å². The van der Waals surface area contributed by atoms with E-state index in [2.05, 4.69) is 0 Å². The van der Waals surface area contributed by atoms with Crippen LogP contribution in [0.3, 0.4) is 0 Å². The zero-order chi connectivity index (χ0) is 27.3. The van der Waals surface area contributed by atoms with Crippen LogP contribution in [0, 0.1) is 17.8 Å². The van der Waals surface area contributed by atoms with Crippen LogP contribution in [-0.4, -0.2) is 82.5 Å². The Labute approximate surface area is 210 Å². The lowest BCUT2D eigenvalue weighted by atomic mass is 9.46. The summed E-state index contributed by atoms with van der Waals surface area (Å²) in [6.45, 7) is 6.12. The summed E-state index contributed by atoms with van der Waals surface area (Å²) in [5.41, 5.74) is -3.97. The van der Waals surface area contributed by atoms with Gasteiger partial charge in [-0.2, -0.15) is 0 Å². The summed E-state index contributed by atoms with van der Waals surface area (Å²) in [5.74, 6) is -4.05. The van der Waals surface area contributed by atoms with Gasteiger partial charge in [0.15, 0.2) is 17.2 Å². The lowest BCUT2D eigenvalue weighted by Crippen LogP contribution is -2.72. The van der Waals surface area contributed by atoms with E-state index >= 15 is 0 Å². The van der Waals surface area contributed by atoms with E-state index in [1.165, 1.54) is 0 Å². The van der Waals surface area contributed by atoms with Crippen molar-refractivity contribution in [2.75, 3.05) is 33.1 Å². The highest BCUT2D eigenvalue weighted by atomic mass is 16.3. The SMILES string of the molecule is CC(=O)C1=C(O)[C@]2(O)C(=O)C3=C(O)c4c(O)c(C)cc(N(C)C)c4C[C@]3(C)C[C@]2(C)C(N(C)C)C1=O. The van der Waals surface area contributed by atoms with E-state index in [9.17, 15) is 34.8 Å². The van der Waals surface area contributed by atoms with Crippen LogP contribution in [0.4, 0.5) is 5.69 Å². The molecule has 194 valence electrons. The summed E-state index contributed by atoms with van der Waals surface area (Å²) in [4.78, 5) is 43.5. The molecule has 1 saturated carbocycles. The quantitative estimate of drug-likeness (QED) is 0.462. The Bertz CT molecular complexity index is 1310. The molecule has 4 N–H and O–H groups in total. The Morgan fingerprint density at radius 2 is 1.67 bits per heavy atom. The minimum atomic E-state index is -2.64. The Balaban J connectivity index is 2.12. The molecule has 0 radical (unpaired) electrons. The molecule has 3 aliphatic rings. The second kappa shape index (κ2) is 7.66. The standard InChI is InChI=1S/C27H34N2O7/c1-12-9-15(28(5)6)14-10-25(3)11-26(4)22(29(7)8)21(33)16(13(2)30)23(34)27(26,36)24(35)18(25)20(32)17(14)19(12)31/h9,22,31-32,34,36H,10-11H2,1-8H3/t22?,25-,26-,27+/m1/s1. The van der Waals surface area contributed by atoms with Crippen molar-refractivity contribution in [3.05, 3.63) is 39.7 Å². The van der Waals surface area contributed by atoms with Gasteiger partial charge in [-0.15, -0.1) is 0 Å². The number of aromatic hydroxyl groups is 1. The number of benzene rings is 1. The molecule has 9 nitrogen and oxygen atoms in total. The van der Waals surface area contributed by atoms with Crippen molar-refractivity contribution >= 4 is 28.8 Å². The fourth-order valence-corrected chi connectivity index (χ4v) is 7.00. The number of Topliss-reactive ketones (excluding diaryl/α,β-unsaturated/α-hetero) is 3. The lowest BCUT2D eigenvalue weighted by Gasteiger charge is -2.60. The first-order valence-corrected chi connectivity index (χ1v) is 11.8. The number of nitrogens with zero attached hydrogens (tertiary/aromatic N) is 2. The number of likely N-dealkylation sites (N-methyl/N-ethyl adjacent to an activating group) is 1. The molecule has 0 aromatic heterocycles. The molecule has 4 rings (SSSR count). The van der Waals surface area contributed by atoms with E-state index in [-0.39, 0.29) is 29.7 Å². The topological polar surface area (TPSA) is 139 Å². The zero-order valence-corrected chi connectivity index (χ0v) is 22.0. The van der Waals surface area contributed by atoms with Crippen LogP contribution in [0.1, 0.15) is 43.9 Å². The Morgan fingerprint density at radius 1 is 1.08 bits per heavy atom. The van der Waals surface area contributed by atoms with Gasteiger partial charge in [0.2, 0.25) is 5.78 Å². The monoisotopic (exact) mass is 498 g/mol. The van der Waals surface area contributed by atoms with Gasteiger partial charge in [0.1, 0.15) is 22.8 Å². The fraction of sp³-hybridized carbons (Fsp3) is 0.519. The summed E-state index contributed by atoms with van der Waals surface area (Å²) in [7, 11) is 6.91. The van der Waals surface area contributed by atoms with Crippen LogP contribution in [0.2, 0.25) is 0 Å². The van der Waals surface area contributed by atoms with Crippen molar-refractivity contribution in [3.63, 3.8) is 0 Å². The van der Waals surface area contributed by atoms with Gasteiger partial charge in [-0.05, 0) is 58.0 Å². The minimum Gasteiger partial charge on any atom is -0.508 e. The van der Waals surface area contributed by atoms with E-state index in [1.807, 2.05) is 19.0 Å². The molecule has 0 heterocycles. The maximum Gasteiger partial charge on any atom is 0.203 e. The highest BCUT2D eigenvalue weighted by molar-refractivity contribution is 6.25. The first-order chi connectivity index (χ1) is 16.5. The maximum absolute atomic E-state index is 14.2. The van der Waals surface area contributed by atoms with Crippen molar-refractivity contribution in [1.29, 1.82) is 0 Å². The van der Waals surface area contributed by atoms with Crippen LogP contribution < -0.4 is 4.90 Å². The third-order valence-corrected chi connectivity index (χ3v) is 8.39. The number of hydrogen-bond donors (Lipinski definition) is 4. The number of anilines is 1. The zero-order valence-electron chi connectivity index (χ0n) is 22.0. The number of fused-ring (bicyclic) bond motifs is 3. The van der Waals surface area contributed by atoms with Crippen molar-refractivity contribution in [1.82, 2.24) is 4.90 Å². The van der Waals surface area contributed by atoms with E-state index in [1.54, 1.807) is 45.8 Å². The number of rotatable bonds is 3. The smallest absolute Gasteiger partial charge is 0.203 e. The van der Waals surface area contributed by atoms with E-state index in [0.29, 0.717) is 11.1 Å². The number of aliphatic hydroxyl groups is 3. The van der Waals surface area contributed by atoms with Crippen LogP contribution in [-0.2, 0) is 20.8 Å². The normalized spacial score (nSPS) is 31.9. The summed E-state index contributed by atoms with van der Waals surface area (Å²) < 4.78 is 0. The van der Waals surface area contributed by atoms with Gasteiger partial charge in [-0.1, -0.05) is 13.8 Å². The molecule has 3 aliphatic carbocycles. The molecule has 0 amide bonds. The van der Waals surface area contributed by atoms with Crippen LogP contribution >= 0.6 is 0 Å². The molecule has 0 spiro atoms.